The van der Waals surface area contributed by atoms with Crippen molar-refractivity contribution in [2.24, 2.45) is 0 Å². The van der Waals surface area contributed by atoms with E-state index in [-0.39, 0.29) is 18.2 Å². The van der Waals surface area contributed by atoms with Gasteiger partial charge in [0.05, 0.1) is 20.3 Å². The summed E-state index contributed by atoms with van der Waals surface area (Å²) in [5.41, 5.74) is 1.000. The fraction of sp³-hybridized carbons (Fsp3) is 0.533. The molecule has 2 aliphatic heterocycles. The van der Waals surface area contributed by atoms with Crippen LogP contribution in [0.25, 0.3) is 0 Å². The molecule has 114 valence electrons. The van der Waals surface area contributed by atoms with Crippen LogP contribution in [0.1, 0.15) is 5.56 Å². The summed E-state index contributed by atoms with van der Waals surface area (Å²) in [7, 11) is 5.25. The van der Waals surface area contributed by atoms with Gasteiger partial charge in [-0.25, -0.2) is 4.79 Å². The summed E-state index contributed by atoms with van der Waals surface area (Å²) in [4.78, 5) is 16.0. The van der Waals surface area contributed by atoms with E-state index in [1.54, 1.807) is 19.1 Å². The lowest BCUT2D eigenvalue weighted by atomic mass is 10.1. The molecule has 0 saturated carbocycles. The van der Waals surface area contributed by atoms with Gasteiger partial charge >= 0.3 is 6.09 Å². The van der Waals surface area contributed by atoms with E-state index in [0.717, 1.165) is 18.7 Å². The van der Waals surface area contributed by atoms with Crippen LogP contribution in [0.2, 0.25) is 0 Å². The van der Waals surface area contributed by atoms with Crippen molar-refractivity contribution in [2.45, 2.75) is 18.7 Å². The van der Waals surface area contributed by atoms with Gasteiger partial charge in [-0.1, -0.05) is 6.07 Å². The lowest BCUT2D eigenvalue weighted by Crippen LogP contribution is -2.36. The molecule has 2 aliphatic rings. The zero-order valence-electron chi connectivity index (χ0n) is 12.5. The van der Waals surface area contributed by atoms with E-state index < -0.39 is 0 Å². The first-order chi connectivity index (χ1) is 10.1. The molecule has 21 heavy (non-hydrogen) atoms. The minimum absolute atomic E-state index is 0.0114. The Morgan fingerprint density at radius 3 is 2.71 bits per heavy atom. The fourth-order valence-corrected chi connectivity index (χ4v) is 3.05. The molecule has 2 saturated heterocycles. The van der Waals surface area contributed by atoms with Gasteiger partial charge in [-0.05, 0) is 24.7 Å². The monoisotopic (exact) mass is 292 g/mol. The van der Waals surface area contributed by atoms with Gasteiger partial charge in [0.2, 0.25) is 0 Å². The lowest BCUT2D eigenvalue weighted by Gasteiger charge is -2.21. The quantitative estimate of drug-likeness (QED) is 0.838. The zero-order valence-corrected chi connectivity index (χ0v) is 12.5. The van der Waals surface area contributed by atoms with E-state index >= 15 is 0 Å². The summed E-state index contributed by atoms with van der Waals surface area (Å²) in [6.07, 6.45) is -0.240. The normalized spacial score (nSPS) is 24.9. The highest BCUT2D eigenvalue weighted by atomic mass is 16.6. The maximum Gasteiger partial charge on any atom is 0.410 e. The summed E-state index contributed by atoms with van der Waals surface area (Å²) >= 11 is 0. The molecule has 6 heteroatoms. The van der Waals surface area contributed by atoms with Crippen molar-refractivity contribution < 1.29 is 19.0 Å². The van der Waals surface area contributed by atoms with Crippen LogP contribution in [0, 0.1) is 0 Å². The number of carbonyl (C=O) groups excluding carboxylic acids is 1. The predicted molar refractivity (Wildman–Crippen MR) is 76.6 cm³/mol. The topological polar surface area (TPSA) is 51.2 Å². The van der Waals surface area contributed by atoms with E-state index in [2.05, 4.69) is 4.90 Å². The summed E-state index contributed by atoms with van der Waals surface area (Å²) in [5.74, 6) is 1.35. The number of hydrogen-bond acceptors (Lipinski definition) is 5. The molecule has 6 nitrogen and oxygen atoms in total. The molecule has 0 aromatic heterocycles. The molecule has 3 rings (SSSR count). The molecule has 0 bridgehead atoms. The van der Waals surface area contributed by atoms with Gasteiger partial charge < -0.3 is 19.1 Å². The molecule has 2 heterocycles. The number of likely N-dealkylation sites (tertiary alicyclic amines) is 1. The van der Waals surface area contributed by atoms with Gasteiger partial charge in [-0.2, -0.15) is 0 Å². The Hall–Kier alpha value is -1.95. The molecule has 1 amide bonds. The van der Waals surface area contributed by atoms with Gasteiger partial charge in [0, 0.05) is 19.6 Å². The van der Waals surface area contributed by atoms with E-state index in [9.17, 15) is 4.79 Å². The van der Waals surface area contributed by atoms with Gasteiger partial charge in [0.1, 0.15) is 6.10 Å². The number of rotatable bonds is 4. The lowest BCUT2D eigenvalue weighted by molar-refractivity contribution is 0.124. The van der Waals surface area contributed by atoms with Crippen molar-refractivity contribution >= 4 is 6.09 Å². The molecule has 0 spiro atoms. The van der Waals surface area contributed by atoms with Crippen LogP contribution >= 0.6 is 0 Å². The number of ether oxygens (including phenoxy) is 3. The molecule has 0 radical (unpaired) electrons. The third-order valence-corrected chi connectivity index (χ3v) is 4.11. The van der Waals surface area contributed by atoms with Gasteiger partial charge in [0.15, 0.2) is 11.5 Å². The van der Waals surface area contributed by atoms with Crippen LogP contribution in [0.4, 0.5) is 4.79 Å². The Balaban J connectivity index is 1.78. The summed E-state index contributed by atoms with van der Waals surface area (Å²) in [6, 6.07) is 5.84. The van der Waals surface area contributed by atoms with Crippen LogP contribution in [0.15, 0.2) is 18.2 Å². The highest BCUT2D eigenvalue weighted by Gasteiger charge is 2.46. The van der Waals surface area contributed by atoms with Crippen LogP contribution in [0.3, 0.4) is 0 Å². The number of benzene rings is 1. The van der Waals surface area contributed by atoms with E-state index in [1.165, 1.54) is 0 Å². The Bertz CT molecular complexity index is 548. The number of hydrogen-bond donors (Lipinski definition) is 0. The average Bonchev–Trinajstić information content (AvgIpc) is 2.96. The summed E-state index contributed by atoms with van der Waals surface area (Å²) in [6.45, 7) is 2.18. The molecular formula is C15H20N2O4. The average molecular weight is 292 g/mol. The number of methoxy groups -OCH3 is 2. The highest BCUT2D eigenvalue weighted by molar-refractivity contribution is 5.71. The van der Waals surface area contributed by atoms with Crippen molar-refractivity contribution in [1.82, 2.24) is 9.80 Å². The SMILES string of the molecule is COc1ccc(CN2C(=O)O[C@@H]3CN(C)C[C@@H]32)cc1OC. The largest absolute Gasteiger partial charge is 0.493 e. The number of likely N-dealkylation sites (N-methyl/N-ethyl adjacent to an activating group) is 1. The highest BCUT2D eigenvalue weighted by Crippen LogP contribution is 2.31. The van der Waals surface area contributed by atoms with Crippen molar-refractivity contribution in [1.29, 1.82) is 0 Å². The smallest absolute Gasteiger partial charge is 0.410 e. The van der Waals surface area contributed by atoms with Crippen molar-refractivity contribution in [3.63, 3.8) is 0 Å². The molecule has 2 atom stereocenters. The van der Waals surface area contributed by atoms with Crippen molar-refractivity contribution in [3.05, 3.63) is 23.8 Å². The number of carbonyl (C=O) groups is 1. The molecule has 1 aromatic carbocycles. The van der Waals surface area contributed by atoms with Crippen molar-refractivity contribution in [2.75, 3.05) is 34.4 Å². The predicted octanol–water partition coefficient (Wildman–Crippen LogP) is 1.34. The number of fused-ring (bicyclic) bond motifs is 1. The zero-order chi connectivity index (χ0) is 15.0. The Labute approximate surface area is 124 Å². The van der Waals surface area contributed by atoms with E-state index in [4.69, 9.17) is 14.2 Å². The molecule has 0 N–H and O–H groups in total. The second kappa shape index (κ2) is 5.44. The molecule has 2 fully saturated rings. The second-order valence-electron chi connectivity index (χ2n) is 5.53. The Morgan fingerprint density at radius 1 is 1.24 bits per heavy atom. The molecule has 1 aromatic rings. The molecule has 0 aliphatic carbocycles. The van der Waals surface area contributed by atoms with Crippen LogP contribution in [0.5, 0.6) is 11.5 Å². The first-order valence-electron chi connectivity index (χ1n) is 6.99. The van der Waals surface area contributed by atoms with Gasteiger partial charge in [-0.3, -0.25) is 4.90 Å². The summed E-state index contributed by atoms with van der Waals surface area (Å²) < 4.78 is 16.0. The minimum Gasteiger partial charge on any atom is -0.493 e. The van der Waals surface area contributed by atoms with Crippen molar-refractivity contribution in [3.8, 4) is 11.5 Å². The van der Waals surface area contributed by atoms with Gasteiger partial charge in [0.25, 0.3) is 0 Å². The van der Waals surface area contributed by atoms with Crippen LogP contribution < -0.4 is 9.47 Å². The molecule has 0 unspecified atom stereocenters. The maximum atomic E-state index is 12.0. The van der Waals surface area contributed by atoms with Crippen LogP contribution in [-0.4, -0.2) is 62.4 Å². The van der Waals surface area contributed by atoms with Gasteiger partial charge in [-0.15, -0.1) is 0 Å². The first-order valence-corrected chi connectivity index (χ1v) is 6.99. The fourth-order valence-electron chi connectivity index (χ4n) is 3.05. The Morgan fingerprint density at radius 2 is 2.00 bits per heavy atom. The van der Waals surface area contributed by atoms with Crippen LogP contribution in [-0.2, 0) is 11.3 Å². The Kier molecular flexibility index (Phi) is 3.63. The maximum absolute atomic E-state index is 12.0. The van der Waals surface area contributed by atoms with E-state index in [1.807, 2.05) is 25.2 Å². The number of amides is 1. The summed E-state index contributed by atoms with van der Waals surface area (Å²) in [5, 5.41) is 0. The second-order valence-corrected chi connectivity index (χ2v) is 5.53. The minimum atomic E-state index is -0.229. The van der Waals surface area contributed by atoms with E-state index in [0.29, 0.717) is 18.0 Å². The standard InChI is InChI=1S/C15H20N2O4/c1-16-8-11-14(9-16)21-15(18)17(11)7-10-4-5-12(19-2)13(6-10)20-3/h4-6,11,14H,7-9H2,1-3H3/t11-,14+/m0/s1. The number of nitrogens with zero attached hydrogens (tertiary/aromatic N) is 2. The third kappa shape index (κ3) is 2.51. The first kappa shape index (κ1) is 14.0. The molecular weight excluding hydrogens is 272 g/mol. The third-order valence-electron chi connectivity index (χ3n) is 4.11.